The molecule has 4 heteroatoms. The minimum atomic E-state index is -0.170. The molecule has 2 aromatic carbocycles. The average molecular weight is 405 g/mol. The van der Waals surface area contributed by atoms with Crippen molar-refractivity contribution in [1.29, 1.82) is 0 Å². The molecular weight excluding hydrogens is 375 g/mol. The molecule has 156 valence electrons. The highest BCUT2D eigenvalue weighted by Gasteiger charge is 2.48. The number of H-pyrrole nitrogens is 1. The van der Waals surface area contributed by atoms with E-state index in [-0.39, 0.29) is 11.2 Å². The van der Waals surface area contributed by atoms with Crippen molar-refractivity contribution in [1.82, 2.24) is 9.88 Å². The molecule has 2 aliphatic carbocycles. The van der Waals surface area contributed by atoms with Crippen LogP contribution < -0.4 is 4.74 Å². The van der Waals surface area contributed by atoms with Crippen LogP contribution in [-0.4, -0.2) is 36.6 Å². The summed E-state index contributed by atoms with van der Waals surface area (Å²) >= 11 is 0. The lowest BCUT2D eigenvalue weighted by Crippen LogP contribution is -2.54. The lowest BCUT2D eigenvalue weighted by molar-refractivity contribution is 0.0783. The lowest BCUT2D eigenvalue weighted by Gasteiger charge is -2.51. The Hall–Kier alpha value is -2.33. The smallest absolute Gasteiger partial charge is 0.125 e. The summed E-state index contributed by atoms with van der Waals surface area (Å²) in [6, 6.07) is 13.9. The van der Waals surface area contributed by atoms with E-state index < -0.39 is 0 Å². The summed E-state index contributed by atoms with van der Waals surface area (Å²) in [5.74, 6) is 2.25. The Bertz CT molecular complexity index is 1100. The molecule has 1 saturated heterocycles. The number of aromatic amines is 1. The van der Waals surface area contributed by atoms with Gasteiger partial charge in [-0.1, -0.05) is 12.1 Å². The standard InChI is InChI=1S/C26H29FN2O/c1-30-21-4-2-3-18(11-21)26-9-10-29(15-17-5-6-17)16-19(26)12-23-22-8-7-20(27)13-24(22)28-25(23)14-26/h2-4,7-8,11,13,17,19,28H,5-6,9-10,12,14-16H2,1H3. The molecule has 0 radical (unpaired) electrons. The van der Waals surface area contributed by atoms with Crippen LogP contribution in [0.25, 0.3) is 10.9 Å². The van der Waals surface area contributed by atoms with Crippen LogP contribution in [0.15, 0.2) is 42.5 Å². The Morgan fingerprint density at radius 3 is 2.93 bits per heavy atom. The van der Waals surface area contributed by atoms with Gasteiger partial charge >= 0.3 is 0 Å². The number of methoxy groups -OCH3 is 1. The number of piperidine rings is 1. The molecule has 2 atom stereocenters. The van der Waals surface area contributed by atoms with E-state index in [2.05, 4.69) is 28.1 Å². The number of aromatic nitrogens is 1. The van der Waals surface area contributed by atoms with E-state index in [4.69, 9.17) is 4.74 Å². The quantitative estimate of drug-likeness (QED) is 0.657. The topological polar surface area (TPSA) is 28.3 Å². The molecule has 0 amide bonds. The van der Waals surface area contributed by atoms with Crippen LogP contribution >= 0.6 is 0 Å². The van der Waals surface area contributed by atoms with E-state index in [1.165, 1.54) is 48.0 Å². The van der Waals surface area contributed by atoms with E-state index in [9.17, 15) is 4.39 Å². The fourth-order valence-corrected chi connectivity index (χ4v) is 6.11. The maximum absolute atomic E-state index is 13.9. The molecule has 0 bridgehead atoms. The Morgan fingerprint density at radius 2 is 2.10 bits per heavy atom. The average Bonchev–Trinajstić information content (AvgIpc) is 3.51. The highest BCUT2D eigenvalue weighted by Crippen LogP contribution is 2.50. The minimum Gasteiger partial charge on any atom is -0.497 e. The van der Waals surface area contributed by atoms with Crippen LogP contribution in [0.1, 0.15) is 36.1 Å². The first kappa shape index (κ1) is 18.4. The maximum Gasteiger partial charge on any atom is 0.125 e. The summed E-state index contributed by atoms with van der Waals surface area (Å²) in [7, 11) is 1.75. The van der Waals surface area contributed by atoms with E-state index in [1.807, 2.05) is 12.1 Å². The molecule has 6 rings (SSSR count). The number of ether oxygens (including phenoxy) is 1. The van der Waals surface area contributed by atoms with Crippen molar-refractivity contribution < 1.29 is 9.13 Å². The fourth-order valence-electron chi connectivity index (χ4n) is 6.11. The Labute approximate surface area is 177 Å². The summed E-state index contributed by atoms with van der Waals surface area (Å²) in [5, 5.41) is 1.20. The normalized spacial score (nSPS) is 26.4. The van der Waals surface area contributed by atoms with E-state index in [0.29, 0.717) is 5.92 Å². The third-order valence-corrected chi connectivity index (χ3v) is 7.89. The molecule has 2 heterocycles. The van der Waals surface area contributed by atoms with Gasteiger partial charge in [-0.25, -0.2) is 4.39 Å². The van der Waals surface area contributed by atoms with Crippen LogP contribution in [0.2, 0.25) is 0 Å². The summed E-state index contributed by atoms with van der Waals surface area (Å²) in [6.07, 6.45) is 6.02. The van der Waals surface area contributed by atoms with Gasteiger partial charge in [0.25, 0.3) is 0 Å². The first-order chi connectivity index (χ1) is 14.6. The van der Waals surface area contributed by atoms with Crippen molar-refractivity contribution in [3.8, 4) is 5.75 Å². The minimum absolute atomic E-state index is 0.112. The van der Waals surface area contributed by atoms with Crippen molar-refractivity contribution in [3.63, 3.8) is 0 Å². The molecule has 3 aliphatic rings. The molecule has 2 unspecified atom stereocenters. The molecular formula is C26H29FN2O. The van der Waals surface area contributed by atoms with Gasteiger partial charge in [0, 0.05) is 35.1 Å². The van der Waals surface area contributed by atoms with Crippen LogP contribution in [0.3, 0.4) is 0 Å². The van der Waals surface area contributed by atoms with Gasteiger partial charge in [0.05, 0.1) is 7.11 Å². The molecule has 3 nitrogen and oxygen atoms in total. The molecule has 0 spiro atoms. The molecule has 1 N–H and O–H groups in total. The van der Waals surface area contributed by atoms with Gasteiger partial charge in [0.2, 0.25) is 0 Å². The van der Waals surface area contributed by atoms with Crippen molar-refractivity contribution >= 4 is 10.9 Å². The molecule has 30 heavy (non-hydrogen) atoms. The van der Waals surface area contributed by atoms with Gasteiger partial charge in [0.1, 0.15) is 11.6 Å². The first-order valence-electron chi connectivity index (χ1n) is 11.3. The second-order valence-corrected chi connectivity index (χ2v) is 9.69. The fraction of sp³-hybridized carbons (Fsp3) is 0.462. The van der Waals surface area contributed by atoms with Crippen molar-refractivity contribution in [2.75, 3.05) is 26.7 Å². The number of rotatable bonds is 4. The van der Waals surface area contributed by atoms with Crippen LogP contribution in [-0.2, 0) is 18.3 Å². The van der Waals surface area contributed by atoms with Gasteiger partial charge in [0.15, 0.2) is 0 Å². The summed E-state index contributed by atoms with van der Waals surface area (Å²) in [6.45, 7) is 3.58. The second-order valence-electron chi connectivity index (χ2n) is 9.69. The van der Waals surface area contributed by atoms with Crippen molar-refractivity contribution in [2.24, 2.45) is 11.8 Å². The Balaban J connectivity index is 1.44. The van der Waals surface area contributed by atoms with Crippen LogP contribution in [0, 0.1) is 17.7 Å². The van der Waals surface area contributed by atoms with Crippen LogP contribution in [0.5, 0.6) is 5.75 Å². The molecule has 1 aliphatic heterocycles. The predicted octanol–water partition coefficient (Wildman–Crippen LogP) is 5.08. The number of benzene rings is 2. The van der Waals surface area contributed by atoms with Gasteiger partial charge in [-0.15, -0.1) is 0 Å². The summed E-state index contributed by atoms with van der Waals surface area (Å²) in [4.78, 5) is 6.29. The number of hydrogen-bond donors (Lipinski definition) is 1. The van der Waals surface area contributed by atoms with Crippen molar-refractivity contribution in [3.05, 3.63) is 65.1 Å². The monoisotopic (exact) mass is 404 g/mol. The number of nitrogens with zero attached hydrogens (tertiary/aromatic N) is 1. The van der Waals surface area contributed by atoms with Crippen LogP contribution in [0.4, 0.5) is 4.39 Å². The Morgan fingerprint density at radius 1 is 1.20 bits per heavy atom. The third-order valence-electron chi connectivity index (χ3n) is 7.89. The van der Waals surface area contributed by atoms with E-state index >= 15 is 0 Å². The maximum atomic E-state index is 13.9. The highest BCUT2D eigenvalue weighted by molar-refractivity contribution is 5.85. The molecule has 1 aromatic heterocycles. The Kier molecular flexibility index (Phi) is 4.21. The van der Waals surface area contributed by atoms with Gasteiger partial charge in [-0.3, -0.25) is 0 Å². The highest BCUT2D eigenvalue weighted by atomic mass is 19.1. The number of likely N-dealkylation sites (tertiary alicyclic amines) is 1. The van der Waals surface area contributed by atoms with Gasteiger partial charge in [-0.05, 0) is 91.9 Å². The number of nitrogens with one attached hydrogen (secondary N) is 1. The number of hydrogen-bond acceptors (Lipinski definition) is 2. The second kappa shape index (κ2) is 6.84. The van der Waals surface area contributed by atoms with Gasteiger partial charge < -0.3 is 14.6 Å². The number of fused-ring (bicyclic) bond motifs is 4. The molecule has 3 aromatic rings. The zero-order valence-electron chi connectivity index (χ0n) is 17.6. The SMILES string of the molecule is COc1cccc(C23CCN(CC4CC4)CC2Cc2c([nH]c4cc(F)ccc24)C3)c1. The summed E-state index contributed by atoms with van der Waals surface area (Å²) in [5.41, 5.74) is 5.15. The third kappa shape index (κ3) is 2.96. The van der Waals surface area contributed by atoms with Gasteiger partial charge in [-0.2, -0.15) is 0 Å². The largest absolute Gasteiger partial charge is 0.497 e. The van der Waals surface area contributed by atoms with E-state index in [0.717, 1.165) is 43.1 Å². The van der Waals surface area contributed by atoms with Crippen molar-refractivity contribution in [2.45, 2.75) is 37.5 Å². The molecule has 2 fully saturated rings. The summed E-state index contributed by atoms with van der Waals surface area (Å²) < 4.78 is 19.4. The first-order valence-corrected chi connectivity index (χ1v) is 11.3. The molecule has 1 saturated carbocycles. The zero-order valence-corrected chi connectivity index (χ0v) is 17.6. The van der Waals surface area contributed by atoms with E-state index in [1.54, 1.807) is 19.2 Å². The number of halogens is 1. The predicted molar refractivity (Wildman–Crippen MR) is 118 cm³/mol. The lowest BCUT2D eigenvalue weighted by atomic mass is 9.58. The zero-order chi connectivity index (χ0) is 20.3.